The minimum Gasteiger partial charge on any atom is -0.497 e. The summed E-state index contributed by atoms with van der Waals surface area (Å²) < 4.78 is 5.88. The third kappa shape index (κ3) is 2.20. The van der Waals surface area contributed by atoms with Gasteiger partial charge in [0.2, 0.25) is 0 Å². The predicted octanol–water partition coefficient (Wildman–Crippen LogP) is 4.54. The molecule has 0 atom stereocenters. The molecular formula is C18H22O. The van der Waals surface area contributed by atoms with Gasteiger partial charge in [-0.15, -0.1) is 0 Å². The molecule has 0 unspecified atom stereocenters. The standard InChI is InChI=1S/C18H22O/c1-2-4-13(5-3-1)11-19-12-18-16-7-14-6-15(9-16)10-17(18)8-14/h1-5,12,14-17H,6-11H2. The van der Waals surface area contributed by atoms with E-state index in [2.05, 4.69) is 36.6 Å². The zero-order chi connectivity index (χ0) is 12.7. The van der Waals surface area contributed by atoms with E-state index in [1.54, 1.807) is 5.57 Å². The van der Waals surface area contributed by atoms with Crippen LogP contribution in [0.5, 0.6) is 0 Å². The lowest BCUT2D eigenvalue weighted by Gasteiger charge is -2.51. The molecule has 4 fully saturated rings. The Morgan fingerprint density at radius 3 is 2.16 bits per heavy atom. The van der Waals surface area contributed by atoms with Gasteiger partial charge in [0.1, 0.15) is 6.61 Å². The summed E-state index contributed by atoms with van der Waals surface area (Å²) in [5.74, 6) is 3.78. The summed E-state index contributed by atoms with van der Waals surface area (Å²) in [5, 5.41) is 0. The molecule has 19 heavy (non-hydrogen) atoms. The van der Waals surface area contributed by atoms with Crippen LogP contribution in [0.2, 0.25) is 0 Å². The summed E-state index contributed by atoms with van der Waals surface area (Å²) in [6.45, 7) is 0.719. The van der Waals surface area contributed by atoms with Crippen LogP contribution in [-0.2, 0) is 11.3 Å². The third-order valence-electron chi connectivity index (χ3n) is 5.39. The molecule has 1 aromatic carbocycles. The molecule has 4 saturated carbocycles. The minimum atomic E-state index is 0.719. The molecule has 5 rings (SSSR count). The van der Waals surface area contributed by atoms with E-state index in [-0.39, 0.29) is 0 Å². The summed E-state index contributed by atoms with van der Waals surface area (Å²) in [7, 11) is 0. The van der Waals surface area contributed by atoms with Gasteiger partial charge in [0, 0.05) is 0 Å². The smallest absolute Gasteiger partial charge is 0.112 e. The van der Waals surface area contributed by atoms with Gasteiger partial charge in [-0.3, -0.25) is 0 Å². The Morgan fingerprint density at radius 1 is 0.895 bits per heavy atom. The summed E-state index contributed by atoms with van der Waals surface area (Å²) in [5.41, 5.74) is 2.91. The van der Waals surface area contributed by atoms with Crippen LogP contribution in [0.3, 0.4) is 0 Å². The van der Waals surface area contributed by atoms with Gasteiger partial charge in [0.25, 0.3) is 0 Å². The fourth-order valence-corrected chi connectivity index (χ4v) is 4.73. The Morgan fingerprint density at radius 2 is 1.53 bits per heavy atom. The Balaban J connectivity index is 1.43. The number of hydrogen-bond donors (Lipinski definition) is 0. The van der Waals surface area contributed by atoms with Crippen molar-refractivity contribution < 1.29 is 4.74 Å². The number of allylic oxidation sites excluding steroid dienone is 1. The Kier molecular flexibility index (Phi) is 2.86. The second kappa shape index (κ2) is 4.70. The highest BCUT2D eigenvalue weighted by atomic mass is 16.5. The van der Waals surface area contributed by atoms with Gasteiger partial charge in [-0.2, -0.15) is 0 Å². The first kappa shape index (κ1) is 11.6. The fraction of sp³-hybridized carbons (Fsp3) is 0.556. The van der Waals surface area contributed by atoms with Crippen molar-refractivity contribution in [1.82, 2.24) is 0 Å². The molecule has 1 aromatic rings. The Bertz CT molecular complexity index is 444. The minimum absolute atomic E-state index is 0.719. The predicted molar refractivity (Wildman–Crippen MR) is 76.4 cm³/mol. The van der Waals surface area contributed by atoms with Gasteiger partial charge in [0.15, 0.2) is 0 Å². The maximum atomic E-state index is 5.88. The summed E-state index contributed by atoms with van der Waals surface area (Å²) in [6.07, 6.45) is 9.40. The highest BCUT2D eigenvalue weighted by molar-refractivity contribution is 5.19. The fourth-order valence-electron chi connectivity index (χ4n) is 4.73. The lowest BCUT2D eigenvalue weighted by atomic mass is 9.54. The van der Waals surface area contributed by atoms with Crippen LogP contribution < -0.4 is 0 Å². The lowest BCUT2D eigenvalue weighted by molar-refractivity contribution is 0.0632. The molecule has 4 bridgehead atoms. The van der Waals surface area contributed by atoms with Gasteiger partial charge in [0.05, 0.1) is 6.26 Å². The highest BCUT2D eigenvalue weighted by Gasteiger charge is 2.45. The van der Waals surface area contributed by atoms with Crippen molar-refractivity contribution in [1.29, 1.82) is 0 Å². The number of hydrogen-bond acceptors (Lipinski definition) is 1. The lowest BCUT2D eigenvalue weighted by Crippen LogP contribution is -2.40. The molecule has 0 heterocycles. The number of benzene rings is 1. The molecular weight excluding hydrogens is 232 g/mol. The van der Waals surface area contributed by atoms with E-state index in [0.717, 1.165) is 30.3 Å². The molecule has 4 aliphatic rings. The van der Waals surface area contributed by atoms with Crippen molar-refractivity contribution >= 4 is 0 Å². The maximum absolute atomic E-state index is 5.88. The summed E-state index contributed by atoms with van der Waals surface area (Å²) in [6, 6.07) is 10.5. The van der Waals surface area contributed by atoms with Crippen molar-refractivity contribution in [3.63, 3.8) is 0 Å². The van der Waals surface area contributed by atoms with Crippen molar-refractivity contribution in [2.45, 2.75) is 38.7 Å². The first-order chi connectivity index (χ1) is 9.38. The first-order valence-corrected chi connectivity index (χ1v) is 7.74. The second-order valence-corrected chi connectivity index (χ2v) is 6.72. The average molecular weight is 254 g/mol. The van der Waals surface area contributed by atoms with Crippen molar-refractivity contribution in [3.8, 4) is 0 Å². The van der Waals surface area contributed by atoms with Crippen LogP contribution in [0.1, 0.15) is 37.7 Å². The monoisotopic (exact) mass is 254 g/mol. The van der Waals surface area contributed by atoms with Crippen molar-refractivity contribution in [3.05, 3.63) is 47.7 Å². The molecule has 100 valence electrons. The van der Waals surface area contributed by atoms with Crippen LogP contribution in [0.4, 0.5) is 0 Å². The van der Waals surface area contributed by atoms with Crippen LogP contribution in [0, 0.1) is 23.7 Å². The van der Waals surface area contributed by atoms with E-state index in [0.29, 0.717) is 0 Å². The first-order valence-electron chi connectivity index (χ1n) is 7.74. The van der Waals surface area contributed by atoms with E-state index in [4.69, 9.17) is 4.74 Å². The number of rotatable bonds is 3. The molecule has 0 N–H and O–H groups in total. The Hall–Kier alpha value is -1.24. The Labute approximate surface area is 115 Å². The van der Waals surface area contributed by atoms with Crippen LogP contribution in [-0.4, -0.2) is 0 Å². The van der Waals surface area contributed by atoms with Gasteiger partial charge in [-0.05, 0) is 66.9 Å². The molecule has 0 saturated heterocycles. The van der Waals surface area contributed by atoms with Gasteiger partial charge >= 0.3 is 0 Å². The largest absolute Gasteiger partial charge is 0.497 e. The topological polar surface area (TPSA) is 9.23 Å². The van der Waals surface area contributed by atoms with E-state index < -0.39 is 0 Å². The molecule has 0 spiro atoms. The summed E-state index contributed by atoms with van der Waals surface area (Å²) >= 11 is 0. The molecule has 0 aromatic heterocycles. The van der Waals surface area contributed by atoms with Crippen LogP contribution in [0.15, 0.2) is 42.2 Å². The quantitative estimate of drug-likeness (QED) is 0.719. The SMILES string of the molecule is C(OCc1ccccc1)=C1C2CC3CC(C2)CC1C3. The molecule has 0 aliphatic heterocycles. The average Bonchev–Trinajstić information content (AvgIpc) is 2.42. The zero-order valence-electron chi connectivity index (χ0n) is 11.4. The van der Waals surface area contributed by atoms with Crippen LogP contribution >= 0.6 is 0 Å². The molecule has 4 aliphatic carbocycles. The van der Waals surface area contributed by atoms with Crippen molar-refractivity contribution in [2.75, 3.05) is 0 Å². The highest BCUT2D eigenvalue weighted by Crippen LogP contribution is 2.56. The van der Waals surface area contributed by atoms with E-state index in [1.165, 1.54) is 37.7 Å². The normalized spacial score (nSPS) is 35.5. The van der Waals surface area contributed by atoms with Gasteiger partial charge in [-0.25, -0.2) is 0 Å². The second-order valence-electron chi connectivity index (χ2n) is 6.72. The summed E-state index contributed by atoms with van der Waals surface area (Å²) in [4.78, 5) is 0. The zero-order valence-corrected chi connectivity index (χ0v) is 11.4. The molecule has 1 heteroatoms. The van der Waals surface area contributed by atoms with E-state index in [9.17, 15) is 0 Å². The van der Waals surface area contributed by atoms with Crippen molar-refractivity contribution in [2.24, 2.45) is 23.7 Å². The van der Waals surface area contributed by atoms with E-state index in [1.807, 2.05) is 0 Å². The maximum Gasteiger partial charge on any atom is 0.112 e. The third-order valence-corrected chi connectivity index (χ3v) is 5.39. The van der Waals surface area contributed by atoms with Gasteiger partial charge in [-0.1, -0.05) is 30.3 Å². The van der Waals surface area contributed by atoms with E-state index >= 15 is 0 Å². The van der Waals surface area contributed by atoms with Crippen LogP contribution in [0.25, 0.3) is 0 Å². The molecule has 1 nitrogen and oxygen atoms in total. The van der Waals surface area contributed by atoms with Gasteiger partial charge < -0.3 is 4.74 Å². The molecule has 0 radical (unpaired) electrons. The molecule has 0 amide bonds. The number of ether oxygens (including phenoxy) is 1.